The second-order valence-electron chi connectivity index (χ2n) is 11.4. The highest BCUT2D eigenvalue weighted by Crippen LogP contribution is 2.31. The number of hydrogen-bond acceptors (Lipinski definition) is 9. The lowest BCUT2D eigenvalue weighted by molar-refractivity contribution is -0.289. The lowest BCUT2D eigenvalue weighted by Crippen LogP contribution is -2.62. The molecular formula is C40H36O9. The summed E-state index contributed by atoms with van der Waals surface area (Å²) in [5.41, 5.74) is 2.56. The maximum atomic E-state index is 13.4. The number of carbonyl (C=O) groups excluding carboxylic acids is 2. The molecule has 6 rings (SSSR count). The van der Waals surface area contributed by atoms with Crippen LogP contribution in [0.1, 0.15) is 31.8 Å². The quantitative estimate of drug-likeness (QED) is 0.113. The highest BCUT2D eigenvalue weighted by Gasteiger charge is 2.50. The molecule has 5 atom stereocenters. The summed E-state index contributed by atoms with van der Waals surface area (Å²) in [6.07, 6.45) is -5.59. The lowest BCUT2D eigenvalue weighted by atomic mass is 9.98. The minimum absolute atomic E-state index is 0.00877. The Labute approximate surface area is 284 Å². The number of esters is 2. The van der Waals surface area contributed by atoms with Crippen LogP contribution in [0.5, 0.6) is 11.5 Å². The largest absolute Gasteiger partial charge is 0.461 e. The smallest absolute Gasteiger partial charge is 0.343 e. The van der Waals surface area contributed by atoms with Crippen molar-refractivity contribution in [3.63, 3.8) is 0 Å². The van der Waals surface area contributed by atoms with Gasteiger partial charge in [0.1, 0.15) is 29.8 Å². The zero-order chi connectivity index (χ0) is 33.8. The van der Waals surface area contributed by atoms with Gasteiger partial charge in [-0.1, -0.05) is 97.1 Å². The number of benzene rings is 5. The third-order valence-electron chi connectivity index (χ3n) is 7.85. The van der Waals surface area contributed by atoms with Crippen molar-refractivity contribution in [3.05, 3.63) is 168 Å². The summed E-state index contributed by atoms with van der Waals surface area (Å²) in [6.45, 7) is 0.437. The molecule has 9 heteroatoms. The predicted molar refractivity (Wildman–Crippen MR) is 180 cm³/mol. The van der Waals surface area contributed by atoms with Crippen LogP contribution in [0.25, 0.3) is 0 Å². The van der Waals surface area contributed by atoms with E-state index < -0.39 is 42.6 Å². The predicted octanol–water partition coefficient (Wildman–Crippen LogP) is 6.40. The fourth-order valence-electron chi connectivity index (χ4n) is 5.30. The Morgan fingerprint density at radius 3 is 1.69 bits per heavy atom. The van der Waals surface area contributed by atoms with Gasteiger partial charge in [-0.2, -0.15) is 0 Å². The van der Waals surface area contributed by atoms with Gasteiger partial charge >= 0.3 is 11.9 Å². The van der Waals surface area contributed by atoms with Gasteiger partial charge in [0.15, 0.2) is 6.10 Å². The molecule has 0 saturated carbocycles. The second-order valence-corrected chi connectivity index (χ2v) is 11.4. The number of ether oxygens (including phenoxy) is 6. The fraction of sp³-hybridized carbons (Fsp3) is 0.200. The highest BCUT2D eigenvalue weighted by molar-refractivity contribution is 5.91. The molecule has 1 aliphatic rings. The van der Waals surface area contributed by atoms with Crippen molar-refractivity contribution in [1.29, 1.82) is 0 Å². The molecule has 5 aromatic rings. The molecule has 0 amide bonds. The van der Waals surface area contributed by atoms with Crippen molar-refractivity contribution < 1.29 is 43.1 Å². The van der Waals surface area contributed by atoms with E-state index in [4.69, 9.17) is 28.4 Å². The van der Waals surface area contributed by atoms with Crippen molar-refractivity contribution in [2.75, 3.05) is 6.61 Å². The van der Waals surface area contributed by atoms with Gasteiger partial charge in [-0.05, 0) is 59.7 Å². The van der Waals surface area contributed by atoms with E-state index >= 15 is 0 Å². The van der Waals surface area contributed by atoms with Gasteiger partial charge in [0.05, 0.1) is 30.9 Å². The Morgan fingerprint density at radius 2 is 1.10 bits per heavy atom. The van der Waals surface area contributed by atoms with Crippen LogP contribution in [0.4, 0.5) is 0 Å². The van der Waals surface area contributed by atoms with Crippen LogP contribution in [-0.2, 0) is 32.2 Å². The molecule has 1 N–H and O–H groups in total. The van der Waals surface area contributed by atoms with Crippen molar-refractivity contribution in [3.8, 4) is 11.5 Å². The molecule has 1 aliphatic heterocycles. The summed E-state index contributed by atoms with van der Waals surface area (Å²) in [7, 11) is 0. The number of aliphatic hydroxyl groups is 1. The molecule has 1 saturated heterocycles. The van der Waals surface area contributed by atoms with Gasteiger partial charge in [-0.25, -0.2) is 9.59 Å². The zero-order valence-electron chi connectivity index (χ0n) is 26.6. The fourth-order valence-corrected chi connectivity index (χ4v) is 5.30. The lowest BCUT2D eigenvalue weighted by Gasteiger charge is -2.43. The van der Waals surface area contributed by atoms with Crippen molar-refractivity contribution >= 4 is 11.9 Å². The molecule has 0 bridgehead atoms. The first-order valence-corrected chi connectivity index (χ1v) is 15.9. The molecule has 0 spiro atoms. The molecule has 49 heavy (non-hydrogen) atoms. The molecule has 9 nitrogen and oxygen atoms in total. The topological polar surface area (TPSA) is 110 Å². The summed E-state index contributed by atoms with van der Waals surface area (Å²) in [6, 6.07) is 42.7. The van der Waals surface area contributed by atoms with Crippen LogP contribution < -0.4 is 9.47 Å². The third kappa shape index (κ3) is 9.19. The standard InChI is InChI=1S/C40H36O9/c41-35-34(27-44-25-28-13-5-1-6-14-28)48-40(47-33-23-21-32(22-24-33)46-38(42)30-17-9-3-10-18-30)37(49-39(43)31-19-11-4-12-20-31)36(35)45-26-29-15-7-2-8-16-29/h1-24,34-37,40-41H,25-27H2/t34-,35-,36+,37-,40?/m1/s1. The number of rotatable bonds is 13. The first kappa shape index (κ1) is 33.6. The number of aliphatic hydroxyl groups excluding tert-OH is 1. The SMILES string of the molecule is O=C(Oc1ccc(OC2O[C@H](COCc3ccccc3)[C@@H](O)[C@H](OCc3ccccc3)[C@H]2OC(=O)c2ccccc2)cc1)c1ccccc1. The zero-order valence-corrected chi connectivity index (χ0v) is 26.6. The van der Waals surface area contributed by atoms with Gasteiger partial charge in [0.25, 0.3) is 0 Å². The Hall–Kier alpha value is -5.32. The minimum Gasteiger partial charge on any atom is -0.461 e. The van der Waals surface area contributed by atoms with Gasteiger partial charge in [0, 0.05) is 0 Å². The Balaban J connectivity index is 1.24. The average Bonchev–Trinajstić information content (AvgIpc) is 3.15. The number of carbonyl (C=O) groups is 2. The highest BCUT2D eigenvalue weighted by atomic mass is 16.7. The first-order valence-electron chi connectivity index (χ1n) is 15.9. The maximum Gasteiger partial charge on any atom is 0.343 e. The normalized spacial score (nSPS) is 20.2. The maximum absolute atomic E-state index is 13.4. The summed E-state index contributed by atoms with van der Waals surface area (Å²) in [4.78, 5) is 25.9. The van der Waals surface area contributed by atoms with Crippen LogP contribution in [0.2, 0.25) is 0 Å². The van der Waals surface area contributed by atoms with Crippen LogP contribution in [0, 0.1) is 0 Å². The van der Waals surface area contributed by atoms with Crippen LogP contribution in [-0.4, -0.2) is 54.4 Å². The van der Waals surface area contributed by atoms with Crippen LogP contribution in [0.3, 0.4) is 0 Å². The van der Waals surface area contributed by atoms with Gasteiger partial charge in [0.2, 0.25) is 6.29 Å². The van der Waals surface area contributed by atoms with E-state index in [0.717, 1.165) is 11.1 Å². The minimum atomic E-state index is -1.24. The molecule has 5 aromatic carbocycles. The molecule has 250 valence electrons. The van der Waals surface area contributed by atoms with Crippen molar-refractivity contribution in [2.24, 2.45) is 0 Å². The molecule has 1 unspecified atom stereocenters. The molecule has 0 aromatic heterocycles. The summed E-state index contributed by atoms with van der Waals surface area (Å²) in [5, 5.41) is 11.6. The molecule has 0 radical (unpaired) electrons. The van der Waals surface area contributed by atoms with Crippen LogP contribution in [0.15, 0.2) is 146 Å². The monoisotopic (exact) mass is 660 g/mol. The van der Waals surface area contributed by atoms with Crippen molar-refractivity contribution in [1.82, 2.24) is 0 Å². The van der Waals surface area contributed by atoms with E-state index in [-0.39, 0.29) is 13.2 Å². The van der Waals surface area contributed by atoms with Gasteiger partial charge in [-0.15, -0.1) is 0 Å². The van der Waals surface area contributed by atoms with E-state index in [2.05, 4.69) is 0 Å². The summed E-state index contributed by atoms with van der Waals surface area (Å²) < 4.78 is 36.3. The number of hydrogen-bond donors (Lipinski definition) is 1. The van der Waals surface area contributed by atoms with E-state index in [9.17, 15) is 14.7 Å². The van der Waals surface area contributed by atoms with E-state index in [0.29, 0.717) is 29.2 Å². The molecule has 1 fully saturated rings. The first-order chi connectivity index (χ1) is 24.0. The van der Waals surface area contributed by atoms with Gasteiger partial charge in [-0.3, -0.25) is 0 Å². The Bertz CT molecular complexity index is 1750. The Morgan fingerprint density at radius 1 is 0.592 bits per heavy atom. The van der Waals surface area contributed by atoms with E-state index in [1.54, 1.807) is 78.9 Å². The average molecular weight is 661 g/mol. The molecular weight excluding hydrogens is 624 g/mol. The molecule has 0 aliphatic carbocycles. The van der Waals surface area contributed by atoms with E-state index in [1.807, 2.05) is 66.7 Å². The van der Waals surface area contributed by atoms with Crippen molar-refractivity contribution in [2.45, 2.75) is 43.9 Å². The summed E-state index contributed by atoms with van der Waals surface area (Å²) >= 11 is 0. The molecule has 1 heterocycles. The van der Waals surface area contributed by atoms with Crippen LogP contribution >= 0.6 is 0 Å². The van der Waals surface area contributed by atoms with Gasteiger partial charge < -0.3 is 33.5 Å². The van der Waals surface area contributed by atoms with E-state index in [1.165, 1.54) is 0 Å². The Kier molecular flexibility index (Phi) is 11.4. The third-order valence-corrected chi connectivity index (χ3v) is 7.85. The summed E-state index contributed by atoms with van der Waals surface area (Å²) in [5.74, 6) is -0.481. The second kappa shape index (κ2) is 16.7.